The number of anilines is 1. The van der Waals surface area contributed by atoms with Crippen LogP contribution in [0.4, 0.5) is 10.1 Å². The van der Waals surface area contributed by atoms with Gasteiger partial charge in [0.15, 0.2) is 0 Å². The molecule has 1 aromatic carbocycles. The van der Waals surface area contributed by atoms with E-state index in [1.807, 2.05) is 0 Å². The standard InChI is InChI=1S/C10H12FNO/c11-7-2-1-3-8(6-7)12-9-4-5-10(9)13/h1-3,6,9-10,12-13H,4-5H2. The minimum absolute atomic E-state index is 0.0989. The van der Waals surface area contributed by atoms with Crippen LogP contribution in [0.2, 0.25) is 0 Å². The molecule has 3 heteroatoms. The van der Waals surface area contributed by atoms with Gasteiger partial charge in [0.2, 0.25) is 0 Å². The van der Waals surface area contributed by atoms with Gasteiger partial charge in [-0.1, -0.05) is 6.07 Å². The minimum atomic E-state index is -0.275. The van der Waals surface area contributed by atoms with Gasteiger partial charge in [-0.05, 0) is 31.0 Å². The number of rotatable bonds is 2. The number of halogens is 1. The molecule has 0 amide bonds. The lowest BCUT2D eigenvalue weighted by Crippen LogP contribution is -2.42. The molecule has 2 N–H and O–H groups in total. The lowest BCUT2D eigenvalue weighted by atomic mass is 9.89. The normalized spacial score (nSPS) is 26.6. The molecule has 1 fully saturated rings. The third kappa shape index (κ3) is 1.80. The van der Waals surface area contributed by atoms with E-state index in [4.69, 9.17) is 0 Å². The predicted molar refractivity (Wildman–Crippen MR) is 49.1 cm³/mol. The first-order valence-electron chi connectivity index (χ1n) is 4.46. The SMILES string of the molecule is OC1CCC1Nc1cccc(F)c1. The van der Waals surface area contributed by atoms with E-state index in [1.165, 1.54) is 12.1 Å². The number of aliphatic hydroxyl groups excluding tert-OH is 1. The third-order valence-corrected chi connectivity index (χ3v) is 2.41. The smallest absolute Gasteiger partial charge is 0.125 e. The van der Waals surface area contributed by atoms with Crippen LogP contribution in [0, 0.1) is 5.82 Å². The van der Waals surface area contributed by atoms with Gasteiger partial charge in [-0.3, -0.25) is 0 Å². The summed E-state index contributed by atoms with van der Waals surface area (Å²) in [5.74, 6) is -0.251. The van der Waals surface area contributed by atoms with Crippen LogP contribution >= 0.6 is 0 Å². The van der Waals surface area contributed by atoms with Crippen LogP contribution in [-0.4, -0.2) is 17.3 Å². The lowest BCUT2D eigenvalue weighted by molar-refractivity contribution is 0.0786. The van der Waals surface area contributed by atoms with E-state index in [0.717, 1.165) is 18.5 Å². The van der Waals surface area contributed by atoms with E-state index in [2.05, 4.69) is 5.32 Å². The zero-order chi connectivity index (χ0) is 9.26. The molecule has 1 aliphatic rings. The Hall–Kier alpha value is -1.09. The molecule has 0 aliphatic heterocycles. The van der Waals surface area contributed by atoms with Crippen molar-refractivity contribution < 1.29 is 9.50 Å². The number of hydrogen-bond acceptors (Lipinski definition) is 2. The topological polar surface area (TPSA) is 32.3 Å². The minimum Gasteiger partial charge on any atom is -0.391 e. The number of hydrogen-bond donors (Lipinski definition) is 2. The molecule has 2 unspecified atom stereocenters. The first-order chi connectivity index (χ1) is 6.25. The van der Waals surface area contributed by atoms with Crippen LogP contribution in [-0.2, 0) is 0 Å². The molecule has 70 valence electrons. The Morgan fingerprint density at radius 3 is 2.77 bits per heavy atom. The molecule has 0 heterocycles. The molecule has 0 spiro atoms. The molecule has 1 aromatic rings. The summed E-state index contributed by atoms with van der Waals surface area (Å²) in [5.41, 5.74) is 0.740. The molecule has 2 nitrogen and oxygen atoms in total. The summed E-state index contributed by atoms with van der Waals surface area (Å²) in [6.07, 6.45) is 1.52. The fourth-order valence-electron chi connectivity index (χ4n) is 1.44. The van der Waals surface area contributed by atoms with Gasteiger partial charge in [0.1, 0.15) is 5.82 Å². The Kier molecular flexibility index (Phi) is 2.19. The van der Waals surface area contributed by atoms with Crippen LogP contribution in [0.3, 0.4) is 0 Å². The Morgan fingerprint density at radius 2 is 2.23 bits per heavy atom. The van der Waals surface area contributed by atoms with Gasteiger partial charge in [-0.25, -0.2) is 4.39 Å². The van der Waals surface area contributed by atoms with Crippen molar-refractivity contribution in [2.24, 2.45) is 0 Å². The van der Waals surface area contributed by atoms with E-state index in [-0.39, 0.29) is 18.0 Å². The van der Waals surface area contributed by atoms with Crippen molar-refractivity contribution in [3.8, 4) is 0 Å². The average Bonchev–Trinajstić information content (AvgIpc) is 2.12. The second-order valence-electron chi connectivity index (χ2n) is 3.41. The van der Waals surface area contributed by atoms with Crippen molar-refractivity contribution >= 4 is 5.69 Å². The number of benzene rings is 1. The van der Waals surface area contributed by atoms with Crippen molar-refractivity contribution in [2.75, 3.05) is 5.32 Å². The van der Waals surface area contributed by atoms with Crippen LogP contribution in [0.15, 0.2) is 24.3 Å². The quantitative estimate of drug-likeness (QED) is 0.728. The Morgan fingerprint density at radius 1 is 1.38 bits per heavy atom. The van der Waals surface area contributed by atoms with Gasteiger partial charge < -0.3 is 10.4 Å². The Bertz CT molecular complexity index is 303. The van der Waals surface area contributed by atoms with Crippen molar-refractivity contribution in [1.82, 2.24) is 0 Å². The molecule has 1 saturated carbocycles. The van der Waals surface area contributed by atoms with Crippen molar-refractivity contribution in [3.05, 3.63) is 30.1 Å². The van der Waals surface area contributed by atoms with Crippen LogP contribution in [0.5, 0.6) is 0 Å². The fourth-order valence-corrected chi connectivity index (χ4v) is 1.44. The van der Waals surface area contributed by atoms with Gasteiger partial charge in [-0.2, -0.15) is 0 Å². The Balaban J connectivity index is 2.01. The molecular formula is C10H12FNO. The van der Waals surface area contributed by atoms with Gasteiger partial charge >= 0.3 is 0 Å². The summed E-state index contributed by atoms with van der Waals surface area (Å²) in [7, 11) is 0. The molecular weight excluding hydrogens is 169 g/mol. The summed E-state index contributed by atoms with van der Waals surface area (Å²) >= 11 is 0. The van der Waals surface area contributed by atoms with Crippen LogP contribution in [0.1, 0.15) is 12.8 Å². The molecule has 2 atom stereocenters. The molecule has 0 saturated heterocycles. The van der Waals surface area contributed by atoms with E-state index in [1.54, 1.807) is 12.1 Å². The highest BCUT2D eigenvalue weighted by Crippen LogP contribution is 2.24. The highest BCUT2D eigenvalue weighted by atomic mass is 19.1. The maximum atomic E-state index is 12.7. The summed E-state index contributed by atoms with van der Waals surface area (Å²) in [6.45, 7) is 0. The van der Waals surface area contributed by atoms with E-state index < -0.39 is 0 Å². The fraction of sp³-hybridized carbons (Fsp3) is 0.400. The largest absolute Gasteiger partial charge is 0.391 e. The summed E-state index contributed by atoms with van der Waals surface area (Å²) < 4.78 is 12.7. The second-order valence-corrected chi connectivity index (χ2v) is 3.41. The van der Waals surface area contributed by atoms with Crippen molar-refractivity contribution in [2.45, 2.75) is 25.0 Å². The van der Waals surface area contributed by atoms with Crippen molar-refractivity contribution in [3.63, 3.8) is 0 Å². The number of aliphatic hydroxyl groups is 1. The zero-order valence-electron chi connectivity index (χ0n) is 7.20. The second kappa shape index (κ2) is 3.34. The summed E-state index contributed by atoms with van der Waals surface area (Å²) in [6, 6.07) is 6.39. The van der Waals surface area contributed by atoms with E-state index in [0.29, 0.717) is 0 Å². The molecule has 0 aromatic heterocycles. The highest BCUT2D eigenvalue weighted by Gasteiger charge is 2.28. The first-order valence-corrected chi connectivity index (χ1v) is 4.46. The predicted octanol–water partition coefficient (Wildman–Crippen LogP) is 1.76. The van der Waals surface area contributed by atoms with Crippen LogP contribution in [0.25, 0.3) is 0 Å². The van der Waals surface area contributed by atoms with Gasteiger partial charge in [0.05, 0.1) is 12.1 Å². The molecule has 13 heavy (non-hydrogen) atoms. The average molecular weight is 181 g/mol. The molecule has 0 bridgehead atoms. The zero-order valence-corrected chi connectivity index (χ0v) is 7.20. The van der Waals surface area contributed by atoms with Crippen molar-refractivity contribution in [1.29, 1.82) is 0 Å². The molecule has 2 rings (SSSR count). The van der Waals surface area contributed by atoms with Crippen LogP contribution < -0.4 is 5.32 Å². The maximum absolute atomic E-state index is 12.7. The van der Waals surface area contributed by atoms with Gasteiger partial charge in [-0.15, -0.1) is 0 Å². The summed E-state index contributed by atoms with van der Waals surface area (Å²) in [5, 5.41) is 12.4. The Labute approximate surface area is 76.4 Å². The van der Waals surface area contributed by atoms with E-state index >= 15 is 0 Å². The summed E-state index contributed by atoms with van der Waals surface area (Å²) in [4.78, 5) is 0. The molecule has 0 radical (unpaired) electrons. The lowest BCUT2D eigenvalue weighted by Gasteiger charge is -2.33. The van der Waals surface area contributed by atoms with Gasteiger partial charge in [0.25, 0.3) is 0 Å². The maximum Gasteiger partial charge on any atom is 0.125 e. The van der Waals surface area contributed by atoms with Gasteiger partial charge in [0, 0.05) is 5.69 Å². The number of nitrogens with one attached hydrogen (secondary N) is 1. The monoisotopic (exact) mass is 181 g/mol. The first kappa shape index (κ1) is 8.51. The third-order valence-electron chi connectivity index (χ3n) is 2.41. The molecule has 1 aliphatic carbocycles. The van der Waals surface area contributed by atoms with E-state index in [9.17, 15) is 9.50 Å². The highest BCUT2D eigenvalue weighted by molar-refractivity contribution is 5.44.